The summed E-state index contributed by atoms with van der Waals surface area (Å²) < 4.78 is 35.0. The molecule has 1 saturated heterocycles. The third-order valence-electron chi connectivity index (χ3n) is 4.47. The van der Waals surface area contributed by atoms with E-state index in [1.807, 2.05) is 18.7 Å². The number of halogens is 3. The third kappa shape index (κ3) is 8.11. The fourth-order valence-electron chi connectivity index (χ4n) is 3.12. The van der Waals surface area contributed by atoms with Crippen LogP contribution in [-0.2, 0) is 11.3 Å². The Morgan fingerprint density at radius 3 is 2.70 bits per heavy atom. The first-order chi connectivity index (χ1) is 14.0. The minimum Gasteiger partial charge on any atom is -0.490 e. The molecule has 1 atom stereocenters. The summed E-state index contributed by atoms with van der Waals surface area (Å²) in [7, 11) is 0. The van der Waals surface area contributed by atoms with Gasteiger partial charge in [0.05, 0.1) is 13.2 Å². The number of hydrogen-bond acceptors (Lipinski definition) is 4. The molecular formula is C20H31F2IN4O3. The van der Waals surface area contributed by atoms with E-state index in [-0.39, 0.29) is 47.4 Å². The van der Waals surface area contributed by atoms with Gasteiger partial charge in [-0.1, -0.05) is 13.0 Å². The SMILES string of the molecule is CCNC(=NCc1ccc(OC(F)F)c(OCC)c1)NC1CCN(C(=O)CC)C1.I. The molecule has 1 aromatic carbocycles. The fraction of sp³-hybridized carbons (Fsp3) is 0.600. The maximum Gasteiger partial charge on any atom is 0.387 e. The second-order valence-corrected chi connectivity index (χ2v) is 6.61. The van der Waals surface area contributed by atoms with Crippen molar-refractivity contribution in [3.63, 3.8) is 0 Å². The number of amides is 1. The number of likely N-dealkylation sites (tertiary alicyclic amines) is 1. The highest BCUT2D eigenvalue weighted by Gasteiger charge is 2.25. The van der Waals surface area contributed by atoms with Crippen LogP contribution in [0, 0.1) is 0 Å². The van der Waals surface area contributed by atoms with Crippen molar-refractivity contribution in [2.24, 2.45) is 4.99 Å². The van der Waals surface area contributed by atoms with Crippen molar-refractivity contribution >= 4 is 35.8 Å². The van der Waals surface area contributed by atoms with E-state index in [2.05, 4.69) is 20.4 Å². The molecule has 30 heavy (non-hydrogen) atoms. The molecule has 7 nitrogen and oxygen atoms in total. The zero-order chi connectivity index (χ0) is 21.2. The molecule has 2 rings (SSSR count). The molecule has 1 fully saturated rings. The maximum atomic E-state index is 12.5. The highest BCUT2D eigenvalue weighted by Crippen LogP contribution is 2.30. The fourth-order valence-corrected chi connectivity index (χ4v) is 3.12. The van der Waals surface area contributed by atoms with Crippen molar-refractivity contribution in [2.45, 2.75) is 52.8 Å². The van der Waals surface area contributed by atoms with E-state index in [4.69, 9.17) is 4.74 Å². The lowest BCUT2D eigenvalue weighted by molar-refractivity contribution is -0.129. The molecule has 0 aromatic heterocycles. The second kappa shape index (κ2) is 13.5. The Bertz CT molecular complexity index is 707. The molecule has 0 aliphatic carbocycles. The Balaban J connectivity index is 0.00000450. The number of ether oxygens (including phenoxy) is 2. The van der Waals surface area contributed by atoms with Gasteiger partial charge in [0.1, 0.15) is 0 Å². The van der Waals surface area contributed by atoms with Gasteiger partial charge in [-0.2, -0.15) is 8.78 Å². The Morgan fingerprint density at radius 2 is 2.07 bits per heavy atom. The lowest BCUT2D eigenvalue weighted by atomic mass is 10.2. The summed E-state index contributed by atoms with van der Waals surface area (Å²) in [6, 6.07) is 4.95. The first kappa shape index (κ1) is 26.2. The molecule has 0 radical (unpaired) electrons. The van der Waals surface area contributed by atoms with Crippen LogP contribution < -0.4 is 20.1 Å². The smallest absolute Gasteiger partial charge is 0.387 e. The highest BCUT2D eigenvalue weighted by atomic mass is 127. The van der Waals surface area contributed by atoms with Crippen LogP contribution in [0.3, 0.4) is 0 Å². The molecule has 0 bridgehead atoms. The number of benzene rings is 1. The number of alkyl halides is 2. The van der Waals surface area contributed by atoms with Crippen molar-refractivity contribution in [1.82, 2.24) is 15.5 Å². The normalized spacial score (nSPS) is 16.3. The first-order valence-corrected chi connectivity index (χ1v) is 9.99. The molecule has 0 saturated carbocycles. The van der Waals surface area contributed by atoms with Crippen molar-refractivity contribution < 1.29 is 23.0 Å². The summed E-state index contributed by atoms with van der Waals surface area (Å²) in [4.78, 5) is 18.3. The Labute approximate surface area is 193 Å². The Kier molecular flexibility index (Phi) is 11.7. The van der Waals surface area contributed by atoms with Gasteiger partial charge in [-0.05, 0) is 38.0 Å². The van der Waals surface area contributed by atoms with Crippen LogP contribution in [0.1, 0.15) is 39.2 Å². The van der Waals surface area contributed by atoms with Gasteiger partial charge in [0.25, 0.3) is 0 Å². The minimum absolute atomic E-state index is 0. The molecule has 1 heterocycles. The van der Waals surface area contributed by atoms with E-state index < -0.39 is 6.61 Å². The van der Waals surface area contributed by atoms with Gasteiger partial charge < -0.3 is 25.0 Å². The van der Waals surface area contributed by atoms with Crippen LogP contribution in [0.2, 0.25) is 0 Å². The van der Waals surface area contributed by atoms with Crippen LogP contribution in [0.25, 0.3) is 0 Å². The van der Waals surface area contributed by atoms with Gasteiger partial charge in [-0.3, -0.25) is 4.79 Å². The monoisotopic (exact) mass is 540 g/mol. The Hall–Kier alpha value is -1.85. The third-order valence-corrected chi connectivity index (χ3v) is 4.47. The Morgan fingerprint density at radius 1 is 1.30 bits per heavy atom. The summed E-state index contributed by atoms with van der Waals surface area (Å²) in [6.45, 7) is 5.48. The lowest BCUT2D eigenvalue weighted by Gasteiger charge is -2.18. The van der Waals surface area contributed by atoms with Gasteiger partial charge in [0.2, 0.25) is 5.91 Å². The van der Waals surface area contributed by atoms with Crippen molar-refractivity contribution in [3.05, 3.63) is 23.8 Å². The van der Waals surface area contributed by atoms with Gasteiger partial charge in [0.15, 0.2) is 17.5 Å². The predicted octanol–water partition coefficient (Wildman–Crippen LogP) is 3.37. The summed E-state index contributed by atoms with van der Waals surface area (Å²) in [5.41, 5.74) is 0.807. The van der Waals surface area contributed by atoms with E-state index in [0.29, 0.717) is 38.6 Å². The number of rotatable bonds is 9. The van der Waals surface area contributed by atoms with Gasteiger partial charge in [-0.15, -0.1) is 24.0 Å². The molecular weight excluding hydrogens is 509 g/mol. The largest absolute Gasteiger partial charge is 0.490 e. The van der Waals surface area contributed by atoms with Crippen LogP contribution in [0.15, 0.2) is 23.2 Å². The topological polar surface area (TPSA) is 75.2 Å². The predicted molar refractivity (Wildman–Crippen MR) is 123 cm³/mol. The summed E-state index contributed by atoms with van der Waals surface area (Å²) in [5, 5.41) is 6.56. The minimum atomic E-state index is -2.91. The van der Waals surface area contributed by atoms with Crippen molar-refractivity contribution in [1.29, 1.82) is 0 Å². The van der Waals surface area contributed by atoms with Crippen molar-refractivity contribution in [2.75, 3.05) is 26.2 Å². The zero-order valence-electron chi connectivity index (χ0n) is 17.6. The van der Waals surface area contributed by atoms with Crippen LogP contribution in [0.5, 0.6) is 11.5 Å². The molecule has 0 spiro atoms. The molecule has 1 aliphatic rings. The van der Waals surface area contributed by atoms with Gasteiger partial charge in [-0.25, -0.2) is 4.99 Å². The molecule has 10 heteroatoms. The molecule has 1 amide bonds. The number of guanidine groups is 1. The van der Waals surface area contributed by atoms with Crippen molar-refractivity contribution in [3.8, 4) is 11.5 Å². The lowest BCUT2D eigenvalue weighted by Crippen LogP contribution is -2.45. The molecule has 170 valence electrons. The number of aliphatic imine (C=N–C) groups is 1. The second-order valence-electron chi connectivity index (χ2n) is 6.61. The molecule has 1 aromatic rings. The van der Waals surface area contributed by atoms with E-state index in [0.717, 1.165) is 18.5 Å². The molecule has 2 N–H and O–H groups in total. The highest BCUT2D eigenvalue weighted by molar-refractivity contribution is 14.0. The number of nitrogens with one attached hydrogen (secondary N) is 2. The van der Waals surface area contributed by atoms with Gasteiger partial charge >= 0.3 is 6.61 Å². The van der Waals surface area contributed by atoms with Gasteiger partial charge in [0, 0.05) is 32.1 Å². The van der Waals surface area contributed by atoms with E-state index in [1.165, 1.54) is 6.07 Å². The number of carbonyl (C=O) groups excluding carboxylic acids is 1. The average molecular weight is 540 g/mol. The van der Waals surface area contributed by atoms with E-state index in [1.54, 1.807) is 19.1 Å². The summed E-state index contributed by atoms with van der Waals surface area (Å²) >= 11 is 0. The summed E-state index contributed by atoms with van der Waals surface area (Å²) in [6.07, 6.45) is 1.37. The average Bonchev–Trinajstić information content (AvgIpc) is 3.16. The quantitative estimate of drug-likeness (QED) is 0.286. The number of hydrogen-bond donors (Lipinski definition) is 2. The molecule has 1 aliphatic heterocycles. The van der Waals surface area contributed by atoms with Crippen LogP contribution >= 0.6 is 24.0 Å². The van der Waals surface area contributed by atoms with Crippen LogP contribution in [0.4, 0.5) is 8.78 Å². The van der Waals surface area contributed by atoms with E-state index in [9.17, 15) is 13.6 Å². The first-order valence-electron chi connectivity index (χ1n) is 9.99. The number of nitrogens with zero attached hydrogens (tertiary/aromatic N) is 2. The zero-order valence-corrected chi connectivity index (χ0v) is 20.0. The number of carbonyl (C=O) groups is 1. The standard InChI is InChI=1S/C20H30F2N4O3.HI/c1-4-18(27)26-10-9-15(13-26)25-20(23-5-2)24-12-14-7-8-16(29-19(21)22)17(11-14)28-6-3;/h7-8,11,15,19H,4-6,9-10,12-13H2,1-3H3,(H2,23,24,25);1H. The molecule has 1 unspecified atom stereocenters. The maximum absolute atomic E-state index is 12.5. The van der Waals surface area contributed by atoms with Crippen LogP contribution in [-0.4, -0.2) is 55.7 Å². The van der Waals surface area contributed by atoms with E-state index >= 15 is 0 Å². The summed E-state index contributed by atoms with van der Waals surface area (Å²) in [5.74, 6) is 1.08.